The summed E-state index contributed by atoms with van der Waals surface area (Å²) in [5.41, 5.74) is -0.655. The third kappa shape index (κ3) is 1.93. The van der Waals surface area contributed by atoms with Gasteiger partial charge in [-0.3, -0.25) is 4.79 Å². The number of ketones is 1. The first kappa shape index (κ1) is 9.42. The minimum atomic E-state index is -1.26. The summed E-state index contributed by atoms with van der Waals surface area (Å²) in [4.78, 5) is 12.5. The van der Waals surface area contributed by atoms with Crippen LogP contribution in [0.5, 0.6) is 0 Å². The van der Waals surface area contributed by atoms with Crippen molar-refractivity contribution in [2.24, 2.45) is 0 Å². The summed E-state index contributed by atoms with van der Waals surface area (Å²) in [6.07, 6.45) is 0. The summed E-state index contributed by atoms with van der Waals surface area (Å²) in [5.74, 6) is -0.216. The fourth-order valence-corrected chi connectivity index (χ4v) is 1.60. The Morgan fingerprint density at radius 2 is 2.17 bits per heavy atom. The van der Waals surface area contributed by atoms with Gasteiger partial charge >= 0.3 is 0 Å². The van der Waals surface area contributed by atoms with Gasteiger partial charge in [-0.15, -0.1) is 11.3 Å². The Morgan fingerprint density at radius 1 is 1.58 bits per heavy atom. The number of thiophene rings is 1. The number of carbonyl (C=O) groups is 1. The van der Waals surface area contributed by atoms with E-state index >= 15 is 0 Å². The second-order valence-electron chi connectivity index (χ2n) is 3.33. The molecule has 0 saturated heterocycles. The Kier molecular flexibility index (Phi) is 2.35. The van der Waals surface area contributed by atoms with E-state index < -0.39 is 5.60 Å². The summed E-state index contributed by atoms with van der Waals surface area (Å²) >= 11 is 1.52. The first-order chi connectivity index (χ1) is 5.41. The van der Waals surface area contributed by atoms with E-state index in [0.29, 0.717) is 5.56 Å². The van der Waals surface area contributed by atoms with E-state index in [1.54, 1.807) is 11.4 Å². The minimum Gasteiger partial charge on any atom is -0.382 e. The molecule has 12 heavy (non-hydrogen) atoms. The van der Waals surface area contributed by atoms with E-state index in [-0.39, 0.29) is 5.78 Å². The van der Waals surface area contributed by atoms with E-state index in [2.05, 4.69) is 0 Å². The second kappa shape index (κ2) is 2.99. The highest BCUT2D eigenvalue weighted by molar-refractivity contribution is 7.10. The van der Waals surface area contributed by atoms with Gasteiger partial charge in [-0.25, -0.2) is 0 Å². The van der Waals surface area contributed by atoms with E-state index in [1.807, 2.05) is 6.92 Å². The predicted octanol–water partition coefficient (Wildman–Crippen LogP) is 2.01. The first-order valence-electron chi connectivity index (χ1n) is 3.73. The van der Waals surface area contributed by atoms with Gasteiger partial charge in [0.25, 0.3) is 0 Å². The maximum absolute atomic E-state index is 11.4. The van der Waals surface area contributed by atoms with Gasteiger partial charge in [0.2, 0.25) is 0 Å². The third-order valence-electron chi connectivity index (χ3n) is 1.55. The molecule has 66 valence electrons. The van der Waals surface area contributed by atoms with Crippen LogP contribution in [0.25, 0.3) is 0 Å². The predicted molar refractivity (Wildman–Crippen MR) is 49.7 cm³/mol. The first-order valence-corrected chi connectivity index (χ1v) is 4.61. The molecule has 1 aromatic rings. The highest BCUT2D eigenvalue weighted by Gasteiger charge is 2.25. The van der Waals surface area contributed by atoms with E-state index in [0.717, 1.165) is 4.88 Å². The summed E-state index contributed by atoms with van der Waals surface area (Å²) in [5, 5.41) is 11.2. The zero-order valence-corrected chi connectivity index (χ0v) is 8.23. The van der Waals surface area contributed by atoms with Crippen molar-refractivity contribution in [1.29, 1.82) is 0 Å². The van der Waals surface area contributed by atoms with Gasteiger partial charge in [0.15, 0.2) is 5.78 Å². The molecule has 0 aliphatic rings. The van der Waals surface area contributed by atoms with E-state index in [4.69, 9.17) is 0 Å². The smallest absolute Gasteiger partial charge is 0.194 e. The molecule has 1 rings (SSSR count). The molecule has 1 heterocycles. The summed E-state index contributed by atoms with van der Waals surface area (Å²) in [6, 6.07) is 1.80. The van der Waals surface area contributed by atoms with Gasteiger partial charge in [-0.1, -0.05) is 0 Å². The number of Topliss-reactive ketones (excluding diaryl/α,β-unsaturated/α-hetero) is 1. The lowest BCUT2D eigenvalue weighted by molar-refractivity contribution is 0.0488. The lowest BCUT2D eigenvalue weighted by Crippen LogP contribution is -2.30. The number of aliphatic hydroxyl groups is 1. The molecule has 0 saturated carbocycles. The number of hydrogen-bond acceptors (Lipinski definition) is 3. The molecule has 0 bridgehead atoms. The van der Waals surface area contributed by atoms with Crippen LogP contribution in [-0.4, -0.2) is 16.5 Å². The molecule has 0 amide bonds. The molecule has 2 nitrogen and oxygen atoms in total. The van der Waals surface area contributed by atoms with Crippen LogP contribution in [0, 0.1) is 6.92 Å². The molecule has 0 aromatic carbocycles. The van der Waals surface area contributed by atoms with Crippen molar-refractivity contribution in [3.8, 4) is 0 Å². The molecule has 0 radical (unpaired) electrons. The van der Waals surface area contributed by atoms with Crippen LogP contribution in [0.4, 0.5) is 0 Å². The minimum absolute atomic E-state index is 0.216. The highest BCUT2D eigenvalue weighted by atomic mass is 32.1. The quantitative estimate of drug-likeness (QED) is 0.714. The molecular formula is C9H12O2S. The lowest BCUT2D eigenvalue weighted by Gasteiger charge is -2.13. The standard InChI is InChI=1S/C9H12O2S/c1-6-4-7(5-12-6)8(10)9(2,3)11/h4-5,11H,1-3H3. The van der Waals surface area contributed by atoms with Gasteiger partial charge in [0.05, 0.1) is 0 Å². The van der Waals surface area contributed by atoms with Gasteiger partial charge in [-0.05, 0) is 26.8 Å². The number of carbonyl (C=O) groups excluding carboxylic acids is 1. The molecule has 0 spiro atoms. The van der Waals surface area contributed by atoms with Crippen molar-refractivity contribution in [2.75, 3.05) is 0 Å². The Balaban J connectivity index is 2.93. The number of rotatable bonds is 2. The zero-order valence-electron chi connectivity index (χ0n) is 7.42. The van der Waals surface area contributed by atoms with Crippen LogP contribution in [-0.2, 0) is 0 Å². The Bertz CT molecular complexity index is 294. The molecule has 0 atom stereocenters. The average molecular weight is 184 g/mol. The maximum atomic E-state index is 11.4. The van der Waals surface area contributed by atoms with Crippen molar-refractivity contribution >= 4 is 17.1 Å². The summed E-state index contributed by atoms with van der Waals surface area (Å²) in [6.45, 7) is 4.94. The normalized spacial score (nSPS) is 11.7. The van der Waals surface area contributed by atoms with Crippen LogP contribution in [0.15, 0.2) is 11.4 Å². The van der Waals surface area contributed by atoms with Gasteiger partial charge in [0.1, 0.15) is 5.60 Å². The van der Waals surface area contributed by atoms with Gasteiger partial charge in [0, 0.05) is 15.8 Å². The largest absolute Gasteiger partial charge is 0.382 e. The average Bonchev–Trinajstić information content (AvgIpc) is 2.32. The maximum Gasteiger partial charge on any atom is 0.194 e. The Morgan fingerprint density at radius 3 is 2.50 bits per heavy atom. The summed E-state index contributed by atoms with van der Waals surface area (Å²) in [7, 11) is 0. The fraction of sp³-hybridized carbons (Fsp3) is 0.444. The lowest BCUT2D eigenvalue weighted by atomic mass is 9.99. The van der Waals surface area contributed by atoms with E-state index in [1.165, 1.54) is 25.2 Å². The molecular weight excluding hydrogens is 172 g/mol. The summed E-state index contributed by atoms with van der Waals surface area (Å²) < 4.78 is 0. The molecule has 1 N–H and O–H groups in total. The van der Waals surface area contributed by atoms with Crippen molar-refractivity contribution < 1.29 is 9.90 Å². The van der Waals surface area contributed by atoms with Crippen LogP contribution >= 0.6 is 11.3 Å². The van der Waals surface area contributed by atoms with Crippen molar-refractivity contribution in [3.63, 3.8) is 0 Å². The molecule has 0 aliphatic carbocycles. The van der Waals surface area contributed by atoms with Gasteiger partial charge in [-0.2, -0.15) is 0 Å². The zero-order chi connectivity index (χ0) is 9.35. The molecule has 0 fully saturated rings. The SMILES string of the molecule is Cc1cc(C(=O)C(C)(C)O)cs1. The second-order valence-corrected chi connectivity index (χ2v) is 4.45. The number of aryl methyl sites for hydroxylation is 1. The molecule has 0 unspecified atom stereocenters. The number of hydrogen-bond donors (Lipinski definition) is 1. The van der Waals surface area contributed by atoms with Crippen LogP contribution < -0.4 is 0 Å². The highest BCUT2D eigenvalue weighted by Crippen LogP contribution is 2.18. The topological polar surface area (TPSA) is 37.3 Å². The van der Waals surface area contributed by atoms with E-state index in [9.17, 15) is 9.90 Å². The van der Waals surface area contributed by atoms with Crippen LogP contribution in [0.3, 0.4) is 0 Å². The van der Waals surface area contributed by atoms with Crippen LogP contribution in [0.1, 0.15) is 29.1 Å². The monoisotopic (exact) mass is 184 g/mol. The molecule has 1 aromatic heterocycles. The Hall–Kier alpha value is -0.670. The van der Waals surface area contributed by atoms with Crippen molar-refractivity contribution in [1.82, 2.24) is 0 Å². The van der Waals surface area contributed by atoms with Gasteiger partial charge < -0.3 is 5.11 Å². The molecule has 3 heteroatoms. The van der Waals surface area contributed by atoms with Crippen molar-refractivity contribution in [3.05, 3.63) is 21.9 Å². The Labute approximate surface area is 75.9 Å². The third-order valence-corrected chi connectivity index (χ3v) is 2.41. The van der Waals surface area contributed by atoms with Crippen molar-refractivity contribution in [2.45, 2.75) is 26.4 Å². The fourth-order valence-electron chi connectivity index (χ4n) is 0.916. The molecule has 0 aliphatic heterocycles. The van der Waals surface area contributed by atoms with Crippen LogP contribution in [0.2, 0.25) is 0 Å².